The molecule has 4 rings (SSSR count). The van der Waals surface area contributed by atoms with Gasteiger partial charge in [0.1, 0.15) is 24.4 Å². The lowest BCUT2D eigenvalue weighted by Gasteiger charge is -2.28. The fourth-order valence-electron chi connectivity index (χ4n) is 3.42. The van der Waals surface area contributed by atoms with Gasteiger partial charge in [-0.25, -0.2) is 0 Å². The highest BCUT2D eigenvalue weighted by Gasteiger charge is 2.48. The topological polar surface area (TPSA) is 77.4 Å². The molecule has 2 aliphatic rings. The highest BCUT2D eigenvalue weighted by molar-refractivity contribution is 6.30. The van der Waals surface area contributed by atoms with Crippen LogP contribution in [0.25, 0.3) is 0 Å². The van der Waals surface area contributed by atoms with Crippen LogP contribution in [-0.2, 0) is 18.9 Å². The van der Waals surface area contributed by atoms with Crippen molar-refractivity contribution in [3.8, 4) is 0 Å². The first-order valence-electron chi connectivity index (χ1n) is 8.93. The molecular formula is C20H20Cl2O6. The van der Waals surface area contributed by atoms with Crippen LogP contribution >= 0.6 is 23.2 Å². The molecule has 2 N–H and O–H groups in total. The Morgan fingerprint density at radius 1 is 0.929 bits per heavy atom. The highest BCUT2D eigenvalue weighted by atomic mass is 35.5. The fourth-order valence-corrected chi connectivity index (χ4v) is 3.81. The first-order chi connectivity index (χ1) is 13.5. The Morgan fingerprint density at radius 3 is 2.18 bits per heavy atom. The molecule has 0 spiro atoms. The zero-order chi connectivity index (χ0) is 19.7. The highest BCUT2D eigenvalue weighted by Crippen LogP contribution is 2.39. The summed E-state index contributed by atoms with van der Waals surface area (Å²) < 4.78 is 24.0. The van der Waals surface area contributed by atoms with Crippen LogP contribution in [0.5, 0.6) is 0 Å². The van der Waals surface area contributed by atoms with Gasteiger partial charge < -0.3 is 29.2 Å². The summed E-state index contributed by atoms with van der Waals surface area (Å²) in [7, 11) is 0. The number of halogens is 2. The third-order valence-corrected chi connectivity index (χ3v) is 5.24. The van der Waals surface area contributed by atoms with Gasteiger partial charge in [0.25, 0.3) is 0 Å². The van der Waals surface area contributed by atoms with E-state index in [0.717, 1.165) is 5.56 Å². The van der Waals surface area contributed by atoms with Crippen molar-refractivity contribution in [2.75, 3.05) is 13.2 Å². The van der Waals surface area contributed by atoms with Gasteiger partial charge in [0.2, 0.25) is 0 Å². The second-order valence-corrected chi connectivity index (χ2v) is 7.61. The lowest BCUT2D eigenvalue weighted by molar-refractivity contribution is -0.216. The average molecular weight is 427 g/mol. The minimum absolute atomic E-state index is 0.188. The molecule has 0 amide bonds. The Balaban J connectivity index is 1.57. The van der Waals surface area contributed by atoms with Crippen molar-refractivity contribution in [3.05, 3.63) is 69.7 Å². The molecule has 2 heterocycles. The Labute approximate surface area is 172 Å². The smallest absolute Gasteiger partial charge is 0.185 e. The quantitative estimate of drug-likeness (QED) is 0.781. The summed E-state index contributed by atoms with van der Waals surface area (Å²) >= 11 is 12.1. The van der Waals surface area contributed by atoms with Crippen molar-refractivity contribution in [2.24, 2.45) is 0 Å². The van der Waals surface area contributed by atoms with Crippen LogP contribution in [0.15, 0.2) is 48.5 Å². The van der Waals surface area contributed by atoms with Crippen LogP contribution in [-0.4, -0.2) is 47.8 Å². The standard InChI is InChI=1S/C20H20Cl2O6/c21-13-5-1-3-11(7-13)19-25-10-16-18(17(27-19)15(24)9-23)28-20(26-16)12-4-2-6-14(22)8-12/h1-8,15-20,23-24H,9-10H2/t15-,16+,17+,18+,19?,20?/m1/s1. The second-order valence-electron chi connectivity index (χ2n) is 6.73. The Kier molecular flexibility index (Phi) is 6.20. The van der Waals surface area contributed by atoms with Crippen molar-refractivity contribution in [1.82, 2.24) is 0 Å². The Morgan fingerprint density at radius 2 is 1.57 bits per heavy atom. The molecule has 0 saturated carbocycles. The van der Waals surface area contributed by atoms with Gasteiger partial charge in [-0.1, -0.05) is 47.5 Å². The molecule has 0 radical (unpaired) electrons. The van der Waals surface area contributed by atoms with Gasteiger partial charge in [-0.2, -0.15) is 0 Å². The van der Waals surface area contributed by atoms with E-state index in [-0.39, 0.29) is 6.61 Å². The van der Waals surface area contributed by atoms with Crippen molar-refractivity contribution < 1.29 is 29.2 Å². The third kappa shape index (κ3) is 4.20. The normalized spacial score (nSPS) is 31.2. The van der Waals surface area contributed by atoms with Crippen LogP contribution < -0.4 is 0 Å². The molecule has 2 saturated heterocycles. The molecule has 6 atom stereocenters. The van der Waals surface area contributed by atoms with Gasteiger partial charge in [-0.3, -0.25) is 0 Å². The summed E-state index contributed by atoms with van der Waals surface area (Å²) in [6, 6.07) is 14.2. The zero-order valence-electron chi connectivity index (χ0n) is 14.8. The molecule has 8 heteroatoms. The molecule has 2 unspecified atom stereocenters. The van der Waals surface area contributed by atoms with E-state index < -0.39 is 43.6 Å². The average Bonchev–Trinajstić information content (AvgIpc) is 3.03. The number of aliphatic hydroxyl groups excluding tert-OH is 2. The molecule has 2 aromatic carbocycles. The van der Waals surface area contributed by atoms with Crippen molar-refractivity contribution in [2.45, 2.75) is 37.0 Å². The van der Waals surface area contributed by atoms with E-state index in [1.807, 2.05) is 12.1 Å². The van der Waals surface area contributed by atoms with Gasteiger partial charge in [0.05, 0.1) is 13.2 Å². The predicted octanol–water partition coefficient (Wildman–Crippen LogP) is 3.24. The van der Waals surface area contributed by atoms with Gasteiger partial charge in [0, 0.05) is 21.2 Å². The van der Waals surface area contributed by atoms with E-state index in [2.05, 4.69) is 0 Å². The van der Waals surface area contributed by atoms with E-state index >= 15 is 0 Å². The molecule has 2 aromatic rings. The molecular weight excluding hydrogens is 407 g/mol. The first-order valence-corrected chi connectivity index (χ1v) is 9.68. The van der Waals surface area contributed by atoms with Gasteiger partial charge in [0.15, 0.2) is 12.6 Å². The molecule has 28 heavy (non-hydrogen) atoms. The minimum atomic E-state index is -1.17. The summed E-state index contributed by atoms with van der Waals surface area (Å²) in [6.07, 6.45) is -4.58. The van der Waals surface area contributed by atoms with Crippen LogP contribution in [0.1, 0.15) is 23.7 Å². The molecule has 2 aliphatic heterocycles. The van der Waals surface area contributed by atoms with Crippen LogP contribution in [0, 0.1) is 0 Å². The number of hydrogen-bond acceptors (Lipinski definition) is 6. The fraction of sp³-hybridized carbons (Fsp3) is 0.400. The van der Waals surface area contributed by atoms with E-state index in [1.165, 1.54) is 0 Å². The van der Waals surface area contributed by atoms with Crippen LogP contribution in [0.2, 0.25) is 10.0 Å². The monoisotopic (exact) mass is 426 g/mol. The number of benzene rings is 2. The summed E-state index contributed by atoms with van der Waals surface area (Å²) in [5.74, 6) is 0. The lowest BCUT2D eigenvalue weighted by atomic mass is 10.0. The Bertz CT molecular complexity index is 819. The predicted molar refractivity (Wildman–Crippen MR) is 102 cm³/mol. The zero-order valence-corrected chi connectivity index (χ0v) is 16.3. The summed E-state index contributed by atoms with van der Waals surface area (Å²) in [5, 5.41) is 21.0. The Hall–Kier alpha value is -1.22. The summed E-state index contributed by atoms with van der Waals surface area (Å²) in [5.41, 5.74) is 1.46. The number of ether oxygens (including phenoxy) is 4. The third-order valence-electron chi connectivity index (χ3n) is 4.77. The molecule has 6 nitrogen and oxygen atoms in total. The van der Waals surface area contributed by atoms with Crippen LogP contribution in [0.3, 0.4) is 0 Å². The molecule has 2 fully saturated rings. The summed E-state index contributed by atoms with van der Waals surface area (Å²) in [4.78, 5) is 0. The second kappa shape index (κ2) is 8.65. The van der Waals surface area contributed by atoms with E-state index in [1.54, 1.807) is 36.4 Å². The molecule has 0 aromatic heterocycles. The molecule has 0 bridgehead atoms. The molecule has 150 valence electrons. The number of hydrogen-bond donors (Lipinski definition) is 2. The maximum Gasteiger partial charge on any atom is 0.185 e. The van der Waals surface area contributed by atoms with Crippen molar-refractivity contribution >= 4 is 23.2 Å². The SMILES string of the molecule is OC[C@@H](O)[C@@H]1OC(c2cccc(Cl)c2)OC[C@@H]2OC(c3cccc(Cl)c3)O[C@H]12. The number of aliphatic hydroxyl groups is 2. The minimum Gasteiger partial charge on any atom is -0.394 e. The molecule has 0 aliphatic carbocycles. The van der Waals surface area contributed by atoms with Crippen molar-refractivity contribution in [1.29, 1.82) is 0 Å². The first kappa shape index (κ1) is 20.1. The van der Waals surface area contributed by atoms with Gasteiger partial charge >= 0.3 is 0 Å². The van der Waals surface area contributed by atoms with E-state index in [4.69, 9.17) is 42.1 Å². The van der Waals surface area contributed by atoms with E-state index in [9.17, 15) is 10.2 Å². The lowest BCUT2D eigenvalue weighted by Crippen LogP contribution is -2.45. The number of fused-ring (bicyclic) bond motifs is 1. The largest absolute Gasteiger partial charge is 0.394 e. The van der Waals surface area contributed by atoms with Gasteiger partial charge in [-0.05, 0) is 24.3 Å². The van der Waals surface area contributed by atoms with Crippen molar-refractivity contribution in [3.63, 3.8) is 0 Å². The van der Waals surface area contributed by atoms with Crippen LogP contribution in [0.4, 0.5) is 0 Å². The number of rotatable bonds is 4. The van der Waals surface area contributed by atoms with E-state index in [0.29, 0.717) is 15.6 Å². The maximum absolute atomic E-state index is 10.4. The maximum atomic E-state index is 10.4. The summed E-state index contributed by atoms with van der Waals surface area (Å²) in [6.45, 7) is -0.297. The van der Waals surface area contributed by atoms with Gasteiger partial charge in [-0.15, -0.1) is 0 Å².